The Morgan fingerprint density at radius 2 is 1.78 bits per heavy atom. The Labute approximate surface area is 165 Å². The summed E-state index contributed by atoms with van der Waals surface area (Å²) in [6, 6.07) is 16.4. The molecule has 5 heteroatoms. The van der Waals surface area contributed by atoms with E-state index in [1.165, 1.54) is 17.3 Å². The molecule has 2 aromatic carbocycles. The molecule has 27 heavy (non-hydrogen) atoms. The molecule has 2 aromatic rings. The van der Waals surface area contributed by atoms with Gasteiger partial charge in [0.2, 0.25) is 11.8 Å². The number of anilines is 1. The third-order valence-corrected chi connectivity index (χ3v) is 5.46. The number of hydrogen-bond acceptors (Lipinski definition) is 3. The smallest absolute Gasteiger partial charge is 0.234 e. The molecule has 2 amide bonds. The number of carbonyl (C=O) groups excluding carboxylic acids is 2. The van der Waals surface area contributed by atoms with Crippen molar-refractivity contribution in [1.29, 1.82) is 0 Å². The van der Waals surface area contributed by atoms with Crippen LogP contribution in [0.1, 0.15) is 29.5 Å². The van der Waals surface area contributed by atoms with Gasteiger partial charge in [0, 0.05) is 18.3 Å². The lowest BCUT2D eigenvalue weighted by Gasteiger charge is -2.22. The number of hydrogen-bond donors (Lipinski definition) is 1. The zero-order chi connectivity index (χ0) is 19.2. The first-order valence-electron chi connectivity index (χ1n) is 9.30. The summed E-state index contributed by atoms with van der Waals surface area (Å²) < 4.78 is 0. The minimum absolute atomic E-state index is 0.0742. The van der Waals surface area contributed by atoms with Gasteiger partial charge in [-0.25, -0.2) is 0 Å². The third kappa shape index (κ3) is 6.14. The van der Waals surface area contributed by atoms with E-state index in [2.05, 4.69) is 36.5 Å². The summed E-state index contributed by atoms with van der Waals surface area (Å²) in [6.45, 7) is 4.70. The van der Waals surface area contributed by atoms with Crippen LogP contribution in [-0.2, 0) is 16.1 Å². The summed E-state index contributed by atoms with van der Waals surface area (Å²) >= 11 is 1.38. The van der Waals surface area contributed by atoms with Crippen LogP contribution in [0.25, 0.3) is 0 Å². The Morgan fingerprint density at radius 1 is 1.04 bits per heavy atom. The molecule has 1 N–H and O–H groups in total. The van der Waals surface area contributed by atoms with Crippen LogP contribution in [0.3, 0.4) is 0 Å². The average molecular weight is 383 g/mol. The maximum atomic E-state index is 12.7. The number of rotatable bonds is 8. The molecule has 4 nitrogen and oxygen atoms in total. The lowest BCUT2D eigenvalue weighted by atomic mass is 10.1. The summed E-state index contributed by atoms with van der Waals surface area (Å²) in [4.78, 5) is 26.7. The van der Waals surface area contributed by atoms with Crippen LogP contribution in [0.5, 0.6) is 0 Å². The van der Waals surface area contributed by atoms with Gasteiger partial charge >= 0.3 is 0 Å². The summed E-state index contributed by atoms with van der Waals surface area (Å²) in [6.07, 6.45) is 2.16. The van der Waals surface area contributed by atoms with Crippen molar-refractivity contribution in [2.75, 3.05) is 16.8 Å². The number of thioether (sulfide) groups is 1. The minimum atomic E-state index is -0.0742. The maximum absolute atomic E-state index is 12.7. The number of carbonyl (C=O) groups is 2. The van der Waals surface area contributed by atoms with Gasteiger partial charge in [0.15, 0.2) is 0 Å². The lowest BCUT2D eigenvalue weighted by molar-refractivity contribution is -0.129. The van der Waals surface area contributed by atoms with Crippen molar-refractivity contribution < 1.29 is 9.59 Å². The van der Waals surface area contributed by atoms with Gasteiger partial charge in [0.05, 0.1) is 11.5 Å². The van der Waals surface area contributed by atoms with E-state index in [1.807, 2.05) is 36.1 Å². The SMILES string of the molecule is Cc1ccc(CN(C(=O)CSCC(=O)Nc2cccc(C)c2)C2CC2)cc1. The summed E-state index contributed by atoms with van der Waals surface area (Å²) in [5.74, 6) is 0.660. The fourth-order valence-electron chi connectivity index (χ4n) is 2.93. The van der Waals surface area contributed by atoms with Crippen LogP contribution in [0.15, 0.2) is 48.5 Å². The highest BCUT2D eigenvalue weighted by Gasteiger charge is 2.32. The zero-order valence-electron chi connectivity index (χ0n) is 15.9. The fourth-order valence-corrected chi connectivity index (χ4v) is 3.63. The molecular formula is C22H26N2O2S. The normalized spacial score (nSPS) is 13.3. The summed E-state index contributed by atoms with van der Waals surface area (Å²) in [5, 5.41) is 2.88. The van der Waals surface area contributed by atoms with Crippen LogP contribution >= 0.6 is 11.8 Å². The van der Waals surface area contributed by atoms with Gasteiger partial charge in [0.1, 0.15) is 0 Å². The lowest BCUT2D eigenvalue weighted by Crippen LogP contribution is -2.34. The molecule has 0 spiro atoms. The molecule has 142 valence electrons. The monoisotopic (exact) mass is 382 g/mol. The quantitative estimate of drug-likeness (QED) is 0.746. The van der Waals surface area contributed by atoms with Gasteiger partial charge in [0.25, 0.3) is 0 Å². The predicted octanol–water partition coefficient (Wildman–Crippen LogP) is 4.17. The maximum Gasteiger partial charge on any atom is 0.234 e. The molecule has 0 aliphatic heterocycles. The first-order chi connectivity index (χ1) is 13.0. The van der Waals surface area contributed by atoms with Crippen LogP contribution in [0.4, 0.5) is 5.69 Å². The van der Waals surface area contributed by atoms with Crippen LogP contribution in [0, 0.1) is 13.8 Å². The van der Waals surface area contributed by atoms with E-state index < -0.39 is 0 Å². The second-order valence-corrected chi connectivity index (χ2v) is 8.13. The Morgan fingerprint density at radius 3 is 2.44 bits per heavy atom. The molecule has 1 aliphatic carbocycles. The van der Waals surface area contributed by atoms with Crippen molar-refractivity contribution in [1.82, 2.24) is 4.90 Å². The van der Waals surface area contributed by atoms with Gasteiger partial charge in [-0.1, -0.05) is 42.0 Å². The van der Waals surface area contributed by atoms with Crippen molar-refractivity contribution in [3.8, 4) is 0 Å². The van der Waals surface area contributed by atoms with Gasteiger partial charge in [-0.15, -0.1) is 11.8 Å². The van der Waals surface area contributed by atoms with E-state index in [0.717, 1.165) is 29.7 Å². The van der Waals surface area contributed by atoms with Crippen molar-refractivity contribution in [3.63, 3.8) is 0 Å². The topological polar surface area (TPSA) is 49.4 Å². The van der Waals surface area contributed by atoms with E-state index in [9.17, 15) is 9.59 Å². The van der Waals surface area contributed by atoms with Crippen molar-refractivity contribution in [3.05, 3.63) is 65.2 Å². The molecule has 1 fully saturated rings. The molecule has 1 aliphatic rings. The molecule has 0 atom stereocenters. The van der Waals surface area contributed by atoms with Gasteiger partial charge in [-0.3, -0.25) is 9.59 Å². The van der Waals surface area contributed by atoms with Crippen molar-refractivity contribution in [2.45, 2.75) is 39.3 Å². The van der Waals surface area contributed by atoms with Gasteiger partial charge in [-0.05, 0) is 49.9 Å². The van der Waals surface area contributed by atoms with Crippen LogP contribution in [0.2, 0.25) is 0 Å². The van der Waals surface area contributed by atoms with E-state index >= 15 is 0 Å². The van der Waals surface area contributed by atoms with E-state index in [-0.39, 0.29) is 17.6 Å². The standard InChI is InChI=1S/C22H26N2O2S/c1-16-6-8-18(9-7-16)13-24(20-10-11-20)22(26)15-27-14-21(25)23-19-5-3-4-17(2)12-19/h3-9,12,20H,10-11,13-15H2,1-2H3,(H,23,25). The van der Waals surface area contributed by atoms with E-state index in [4.69, 9.17) is 0 Å². The minimum Gasteiger partial charge on any atom is -0.335 e. The highest BCUT2D eigenvalue weighted by atomic mass is 32.2. The first-order valence-corrected chi connectivity index (χ1v) is 10.5. The number of benzene rings is 2. The van der Waals surface area contributed by atoms with Gasteiger partial charge in [-0.2, -0.15) is 0 Å². The zero-order valence-corrected chi connectivity index (χ0v) is 16.7. The second-order valence-electron chi connectivity index (χ2n) is 7.15. The Bertz CT molecular complexity index is 800. The summed E-state index contributed by atoms with van der Waals surface area (Å²) in [5.41, 5.74) is 4.28. The van der Waals surface area contributed by atoms with Crippen molar-refractivity contribution >= 4 is 29.3 Å². The third-order valence-electron chi connectivity index (χ3n) is 4.54. The van der Waals surface area contributed by atoms with E-state index in [0.29, 0.717) is 18.3 Å². The molecular weight excluding hydrogens is 356 g/mol. The number of aryl methyl sites for hydroxylation is 2. The highest BCUT2D eigenvalue weighted by molar-refractivity contribution is 8.00. The number of nitrogens with zero attached hydrogens (tertiary/aromatic N) is 1. The molecule has 0 heterocycles. The highest BCUT2D eigenvalue weighted by Crippen LogP contribution is 2.29. The van der Waals surface area contributed by atoms with E-state index in [1.54, 1.807) is 0 Å². The summed E-state index contributed by atoms with van der Waals surface area (Å²) in [7, 11) is 0. The first kappa shape index (κ1) is 19.5. The predicted molar refractivity (Wildman–Crippen MR) is 112 cm³/mol. The average Bonchev–Trinajstić information content (AvgIpc) is 3.46. The number of nitrogens with one attached hydrogen (secondary N) is 1. The van der Waals surface area contributed by atoms with Crippen LogP contribution < -0.4 is 5.32 Å². The molecule has 0 bridgehead atoms. The Kier molecular flexibility index (Phi) is 6.56. The Balaban J connectivity index is 1.46. The van der Waals surface area contributed by atoms with Crippen LogP contribution in [-0.4, -0.2) is 34.3 Å². The molecule has 3 rings (SSSR count). The molecule has 1 saturated carbocycles. The largest absolute Gasteiger partial charge is 0.335 e. The molecule has 0 saturated heterocycles. The Hall–Kier alpha value is -2.27. The molecule has 0 radical (unpaired) electrons. The second kappa shape index (κ2) is 9.09. The number of amides is 2. The molecule has 0 unspecified atom stereocenters. The molecule has 0 aromatic heterocycles. The van der Waals surface area contributed by atoms with Gasteiger partial charge < -0.3 is 10.2 Å². The van der Waals surface area contributed by atoms with Crippen molar-refractivity contribution in [2.24, 2.45) is 0 Å². The fraction of sp³-hybridized carbons (Fsp3) is 0.364.